The molecule has 29 heavy (non-hydrogen) atoms. The van der Waals surface area contributed by atoms with Crippen LogP contribution in [0.5, 0.6) is 0 Å². The van der Waals surface area contributed by atoms with Gasteiger partial charge in [0.05, 0.1) is 16.3 Å². The molecule has 0 saturated heterocycles. The molecule has 1 amide bonds. The standard InChI is InChI=1S/C22H14N4O3/c23-14-20-24-21(15-6-2-1-3-7-15)18-8-4-5-9-19(18)25(20)22(27)16-10-12-17(13-11-16)26(28)29/h1-13,20H. The topological polar surface area (TPSA) is 99.6 Å². The zero-order chi connectivity index (χ0) is 20.4. The monoisotopic (exact) mass is 382 g/mol. The van der Waals surface area contributed by atoms with E-state index in [0.717, 1.165) is 11.1 Å². The molecular weight excluding hydrogens is 368 g/mol. The SMILES string of the molecule is N#CC1N=C(c2ccccc2)c2ccccc2N1C(=O)c1ccc([N+](=O)[O-])cc1. The normalized spacial score (nSPS) is 15.1. The van der Waals surface area contributed by atoms with E-state index in [1.807, 2.05) is 42.5 Å². The van der Waals surface area contributed by atoms with Crippen LogP contribution in [0.2, 0.25) is 0 Å². The predicted molar refractivity (Wildman–Crippen MR) is 108 cm³/mol. The van der Waals surface area contributed by atoms with Crippen molar-refractivity contribution in [2.75, 3.05) is 4.90 Å². The highest BCUT2D eigenvalue weighted by Gasteiger charge is 2.33. The first-order valence-electron chi connectivity index (χ1n) is 8.80. The number of carbonyl (C=O) groups is 1. The molecule has 1 aliphatic rings. The van der Waals surface area contributed by atoms with Crippen LogP contribution in [-0.2, 0) is 0 Å². The van der Waals surface area contributed by atoms with Crippen LogP contribution in [0.3, 0.4) is 0 Å². The van der Waals surface area contributed by atoms with Gasteiger partial charge in [0.2, 0.25) is 6.17 Å². The van der Waals surface area contributed by atoms with E-state index >= 15 is 0 Å². The number of nitrogens with zero attached hydrogens (tertiary/aromatic N) is 4. The van der Waals surface area contributed by atoms with Crippen molar-refractivity contribution < 1.29 is 9.72 Å². The molecule has 1 unspecified atom stereocenters. The van der Waals surface area contributed by atoms with Gasteiger partial charge in [0.15, 0.2) is 0 Å². The number of rotatable bonds is 3. The van der Waals surface area contributed by atoms with Gasteiger partial charge in [-0.05, 0) is 18.2 Å². The largest absolute Gasteiger partial charge is 0.272 e. The molecular formula is C22H14N4O3. The molecule has 7 nitrogen and oxygen atoms in total. The molecule has 7 heteroatoms. The number of nitriles is 1. The van der Waals surface area contributed by atoms with Crippen LogP contribution in [0, 0.1) is 21.4 Å². The van der Waals surface area contributed by atoms with Gasteiger partial charge in [0, 0.05) is 28.8 Å². The molecule has 140 valence electrons. The lowest BCUT2D eigenvalue weighted by Crippen LogP contribution is -2.42. The van der Waals surface area contributed by atoms with Crippen LogP contribution in [0.15, 0.2) is 83.9 Å². The summed E-state index contributed by atoms with van der Waals surface area (Å²) in [5.74, 6) is -0.449. The molecule has 1 atom stereocenters. The van der Waals surface area contributed by atoms with E-state index in [1.165, 1.54) is 29.2 Å². The summed E-state index contributed by atoms with van der Waals surface area (Å²) in [4.78, 5) is 29.4. The second-order valence-corrected chi connectivity index (χ2v) is 6.34. The van der Waals surface area contributed by atoms with Gasteiger partial charge in [0.1, 0.15) is 6.07 Å². The molecule has 1 aliphatic heterocycles. The second kappa shape index (κ2) is 7.37. The maximum atomic E-state index is 13.2. The minimum absolute atomic E-state index is 0.109. The van der Waals surface area contributed by atoms with Crippen LogP contribution in [0.25, 0.3) is 0 Å². The van der Waals surface area contributed by atoms with Gasteiger partial charge in [0.25, 0.3) is 11.6 Å². The van der Waals surface area contributed by atoms with Gasteiger partial charge in [-0.2, -0.15) is 5.26 Å². The van der Waals surface area contributed by atoms with Crippen molar-refractivity contribution in [3.63, 3.8) is 0 Å². The fourth-order valence-corrected chi connectivity index (χ4v) is 3.26. The number of non-ortho nitro benzene ring substituents is 1. The van der Waals surface area contributed by atoms with Crippen molar-refractivity contribution in [2.24, 2.45) is 4.99 Å². The second-order valence-electron chi connectivity index (χ2n) is 6.34. The Kier molecular flexibility index (Phi) is 4.59. The third-order valence-corrected chi connectivity index (χ3v) is 4.62. The Morgan fingerprint density at radius 1 is 1.00 bits per heavy atom. The third kappa shape index (κ3) is 3.24. The maximum Gasteiger partial charge on any atom is 0.269 e. The van der Waals surface area contributed by atoms with Gasteiger partial charge in [-0.3, -0.25) is 19.8 Å². The quantitative estimate of drug-likeness (QED) is 0.506. The molecule has 0 spiro atoms. The van der Waals surface area contributed by atoms with Crippen LogP contribution in [-0.4, -0.2) is 22.7 Å². The number of benzene rings is 3. The van der Waals surface area contributed by atoms with Crippen molar-refractivity contribution in [3.8, 4) is 6.07 Å². The Morgan fingerprint density at radius 3 is 2.31 bits per heavy atom. The van der Waals surface area contributed by atoms with Crippen LogP contribution in [0.1, 0.15) is 21.5 Å². The van der Waals surface area contributed by atoms with E-state index in [-0.39, 0.29) is 11.3 Å². The smallest absolute Gasteiger partial charge is 0.269 e. The number of hydrogen-bond acceptors (Lipinski definition) is 5. The van der Waals surface area contributed by atoms with E-state index in [0.29, 0.717) is 11.4 Å². The lowest BCUT2D eigenvalue weighted by Gasteiger charge is -2.32. The van der Waals surface area contributed by atoms with Crippen LogP contribution < -0.4 is 4.90 Å². The van der Waals surface area contributed by atoms with Gasteiger partial charge >= 0.3 is 0 Å². The number of amides is 1. The lowest BCUT2D eigenvalue weighted by atomic mass is 9.97. The molecule has 0 bridgehead atoms. The van der Waals surface area contributed by atoms with Crippen molar-refractivity contribution in [2.45, 2.75) is 6.17 Å². The number of anilines is 1. The zero-order valence-corrected chi connectivity index (χ0v) is 15.1. The van der Waals surface area contributed by atoms with E-state index in [2.05, 4.69) is 11.1 Å². The first kappa shape index (κ1) is 18.1. The summed E-state index contributed by atoms with van der Waals surface area (Å²) in [5.41, 5.74) is 2.92. The minimum atomic E-state index is -1.05. The Balaban J connectivity index is 1.80. The average Bonchev–Trinajstić information content (AvgIpc) is 2.78. The zero-order valence-electron chi connectivity index (χ0n) is 15.1. The Labute approximate surface area is 166 Å². The number of fused-ring (bicyclic) bond motifs is 1. The number of hydrogen-bond donors (Lipinski definition) is 0. The van der Waals surface area contributed by atoms with Crippen LogP contribution in [0.4, 0.5) is 11.4 Å². The summed E-state index contributed by atoms with van der Waals surface area (Å²) in [6, 6.07) is 24.1. The van der Waals surface area contributed by atoms with Gasteiger partial charge in [-0.15, -0.1) is 0 Å². The number of carbonyl (C=O) groups excluding carboxylic acids is 1. The Hall–Kier alpha value is -4.31. The number of nitro benzene ring substituents is 1. The van der Waals surface area contributed by atoms with Crippen molar-refractivity contribution in [1.82, 2.24) is 0 Å². The molecule has 1 heterocycles. The minimum Gasteiger partial charge on any atom is -0.272 e. The Morgan fingerprint density at radius 2 is 1.66 bits per heavy atom. The van der Waals surface area contributed by atoms with Crippen molar-refractivity contribution >= 4 is 23.0 Å². The molecule has 0 radical (unpaired) electrons. The molecule has 3 aromatic carbocycles. The molecule has 4 rings (SSSR count). The van der Waals surface area contributed by atoms with E-state index in [4.69, 9.17) is 0 Å². The third-order valence-electron chi connectivity index (χ3n) is 4.62. The number of nitro groups is 1. The van der Waals surface area contributed by atoms with Gasteiger partial charge in [-0.25, -0.2) is 4.99 Å². The average molecular weight is 382 g/mol. The molecule has 0 saturated carbocycles. The summed E-state index contributed by atoms with van der Waals surface area (Å²) in [6.45, 7) is 0. The predicted octanol–water partition coefficient (Wildman–Crippen LogP) is 3.94. The number of para-hydroxylation sites is 1. The van der Waals surface area contributed by atoms with Crippen molar-refractivity contribution in [1.29, 1.82) is 5.26 Å². The van der Waals surface area contributed by atoms with E-state index < -0.39 is 17.0 Å². The highest BCUT2D eigenvalue weighted by Crippen LogP contribution is 2.32. The summed E-state index contributed by atoms with van der Waals surface area (Å²) >= 11 is 0. The van der Waals surface area contributed by atoms with Gasteiger partial charge in [-0.1, -0.05) is 48.5 Å². The van der Waals surface area contributed by atoms with E-state index in [1.54, 1.807) is 12.1 Å². The summed E-state index contributed by atoms with van der Waals surface area (Å²) < 4.78 is 0. The first-order valence-corrected chi connectivity index (χ1v) is 8.80. The fraction of sp³-hybridized carbons (Fsp3) is 0.0455. The summed E-state index contributed by atoms with van der Waals surface area (Å²) in [6.07, 6.45) is -1.05. The molecule has 3 aromatic rings. The number of aliphatic imine (C=N–C) groups is 1. The Bertz CT molecular complexity index is 1160. The summed E-state index contributed by atoms with van der Waals surface area (Å²) in [7, 11) is 0. The highest BCUT2D eigenvalue weighted by molar-refractivity contribution is 6.20. The lowest BCUT2D eigenvalue weighted by molar-refractivity contribution is -0.384. The fourth-order valence-electron chi connectivity index (χ4n) is 3.26. The summed E-state index contributed by atoms with van der Waals surface area (Å²) in [5, 5.41) is 20.6. The van der Waals surface area contributed by atoms with Crippen molar-refractivity contribution in [3.05, 3.63) is 106 Å². The first-order chi connectivity index (χ1) is 14.1. The molecule has 0 N–H and O–H groups in total. The highest BCUT2D eigenvalue weighted by atomic mass is 16.6. The maximum absolute atomic E-state index is 13.2. The molecule has 0 aromatic heterocycles. The van der Waals surface area contributed by atoms with Gasteiger partial charge < -0.3 is 0 Å². The van der Waals surface area contributed by atoms with E-state index in [9.17, 15) is 20.2 Å². The molecule has 0 fully saturated rings. The molecule has 0 aliphatic carbocycles. The van der Waals surface area contributed by atoms with Crippen LogP contribution >= 0.6 is 0 Å².